The topological polar surface area (TPSA) is 44.4 Å². The average molecular weight is 1870 g/mol. The summed E-state index contributed by atoms with van der Waals surface area (Å²) in [5.41, 5.74) is 37.0. The zero-order chi connectivity index (χ0) is 96.4. The Morgan fingerprint density at radius 2 is 0.252 bits per heavy atom. The molecule has 0 bridgehead atoms. The van der Waals surface area contributed by atoms with E-state index in [9.17, 15) is 0 Å². The van der Waals surface area contributed by atoms with Crippen LogP contribution in [0.1, 0.15) is 0 Å². The van der Waals surface area contributed by atoms with Crippen molar-refractivity contribution in [3.8, 4) is 73.4 Å². The fourth-order valence-corrected chi connectivity index (χ4v) is 24.5. The van der Waals surface area contributed by atoms with E-state index < -0.39 is 0 Å². The molecule has 0 N–H and O–H groups in total. The minimum absolute atomic E-state index is 1.14. The maximum Gasteiger partial charge on any atom is 0.0641 e. The highest BCUT2D eigenvalue weighted by Gasteiger charge is 2.28. The highest BCUT2D eigenvalue weighted by Crippen LogP contribution is 2.50. The Hall–Kier alpha value is -19.7. The SMILES string of the molecule is c1ccc(-c2ccc(-n3c4ccccc4c4ccc(-n5c6ccccc6c6c5ccc5c7ccccc7n(-c7ccccc7)c56)cc43)cc2)cc1.c1ccc(-c2ccc(-n3c4ccccc4c4ccc5c(c6ccccc6n5-c5ccc6c7ccccc7n(-c7ccccc7)c6c5)c43)cc2)cc1.c1ccc(-n2c3ccccc3c3ccc(-n4c5ccccc5c5c4ccc4c6ccccc6n(-c6ccccc6)c45)cc32)cc1. The maximum absolute atomic E-state index is 2.47. The molecule has 0 spiro atoms. The number of benzene rings is 23. The number of hydrogen-bond acceptors (Lipinski definition) is 0. The molecule has 0 saturated carbocycles. The van der Waals surface area contributed by atoms with E-state index in [2.05, 4.69) is 581 Å². The second-order valence-corrected chi connectivity index (χ2v) is 38.5. The van der Waals surface area contributed by atoms with Crippen molar-refractivity contribution in [1.82, 2.24) is 41.1 Å². The summed E-state index contributed by atoms with van der Waals surface area (Å²) in [4.78, 5) is 0. The summed E-state index contributed by atoms with van der Waals surface area (Å²) in [5.74, 6) is 0. The predicted molar refractivity (Wildman–Crippen MR) is 619 cm³/mol. The molecule has 32 rings (SSSR count). The summed E-state index contributed by atoms with van der Waals surface area (Å²) >= 11 is 0. The van der Waals surface area contributed by atoms with Crippen LogP contribution in [0.2, 0.25) is 0 Å². The molecule has 0 radical (unpaired) electrons. The quantitative estimate of drug-likeness (QED) is 0.124. The normalized spacial score (nSPS) is 11.9. The standard InChI is InChI=1S/2C48H31N3.C42H27N3/c1-3-13-32(14-4-1)33-23-25-35(26-24-33)49-42-20-10-7-17-37(42)39-28-27-36(31-46(39)49)50-44-22-12-9-19-41(44)47-45(50)30-29-40-38-18-8-11-21-43(38)51(48(40)47)34-15-5-2-6-16-34;1-3-13-32(14-4-1)33-23-25-35(26-24-33)51-43-21-11-8-18-38(43)40-29-30-45-47(48(40)51)41-19-9-12-22-44(41)50(45)36-27-28-39-37-17-7-10-20-42(37)49(46(39)31-36)34-15-5-2-6-16-34;1-3-13-28(14-4-1)43-36-20-10-7-17-31(36)33-24-23-30(27-40(33)43)44-38-22-12-9-19-35(38)41-39(44)26-25-34-32-18-8-11-21-37(32)45(42(34)41)29-15-5-2-6-16-29/h2*1-31H;1-27H. The zero-order valence-corrected chi connectivity index (χ0v) is 79.9. The van der Waals surface area contributed by atoms with Crippen molar-refractivity contribution in [1.29, 1.82) is 0 Å². The number of fused-ring (bicyclic) bond motifs is 30. The molecule has 32 aromatic rings. The Bertz CT molecular complexity index is 10900. The van der Waals surface area contributed by atoms with Crippen LogP contribution in [0.25, 0.3) is 270 Å². The lowest BCUT2D eigenvalue weighted by Crippen LogP contribution is -1.97. The van der Waals surface area contributed by atoms with Gasteiger partial charge in [-0.25, -0.2) is 0 Å². The van der Waals surface area contributed by atoms with Crippen molar-refractivity contribution in [3.63, 3.8) is 0 Å². The second kappa shape index (κ2) is 33.5. The third-order valence-corrected chi connectivity index (χ3v) is 30.7. The van der Waals surface area contributed by atoms with Crippen LogP contribution in [0, 0.1) is 0 Å². The summed E-state index contributed by atoms with van der Waals surface area (Å²) in [6, 6.07) is 196. The summed E-state index contributed by atoms with van der Waals surface area (Å²) < 4.78 is 21.9. The van der Waals surface area contributed by atoms with Gasteiger partial charge >= 0.3 is 0 Å². The predicted octanol–water partition coefficient (Wildman–Crippen LogP) is 36.3. The molecule has 0 unspecified atom stereocenters. The largest absolute Gasteiger partial charge is 0.309 e. The number of para-hydroxylation sites is 13. The zero-order valence-electron chi connectivity index (χ0n) is 79.9. The average Bonchev–Trinajstić information content (AvgIpc) is 1.55. The van der Waals surface area contributed by atoms with Crippen LogP contribution in [0.4, 0.5) is 0 Å². The van der Waals surface area contributed by atoms with Crippen LogP contribution >= 0.6 is 0 Å². The summed E-state index contributed by atoms with van der Waals surface area (Å²) in [6.07, 6.45) is 0. The van der Waals surface area contributed by atoms with E-state index in [-0.39, 0.29) is 0 Å². The van der Waals surface area contributed by atoms with Crippen LogP contribution in [-0.2, 0) is 0 Å². The molecular formula is C138H89N9. The molecule has 9 aromatic heterocycles. The summed E-state index contributed by atoms with van der Waals surface area (Å²) in [7, 11) is 0. The van der Waals surface area contributed by atoms with E-state index in [0.29, 0.717) is 0 Å². The molecule has 686 valence electrons. The second-order valence-electron chi connectivity index (χ2n) is 38.5. The van der Waals surface area contributed by atoms with Crippen LogP contribution in [-0.4, -0.2) is 41.1 Å². The highest BCUT2D eigenvalue weighted by atomic mass is 15.1. The van der Waals surface area contributed by atoms with Gasteiger partial charge < -0.3 is 41.1 Å². The lowest BCUT2D eigenvalue weighted by Gasteiger charge is -2.12. The Morgan fingerprint density at radius 3 is 0.517 bits per heavy atom. The third kappa shape index (κ3) is 12.9. The van der Waals surface area contributed by atoms with Gasteiger partial charge in [-0.2, -0.15) is 0 Å². The Morgan fingerprint density at radius 1 is 0.0884 bits per heavy atom. The van der Waals surface area contributed by atoms with Gasteiger partial charge in [-0.1, -0.05) is 358 Å². The molecule has 0 saturated heterocycles. The van der Waals surface area contributed by atoms with Gasteiger partial charge in [-0.15, -0.1) is 0 Å². The lowest BCUT2D eigenvalue weighted by molar-refractivity contribution is 1.15. The molecule has 0 amide bonds. The van der Waals surface area contributed by atoms with Gasteiger partial charge in [0, 0.05) is 148 Å². The molecule has 9 heteroatoms. The number of rotatable bonds is 11. The van der Waals surface area contributed by atoms with Gasteiger partial charge in [-0.3, -0.25) is 0 Å². The first-order valence-corrected chi connectivity index (χ1v) is 50.5. The van der Waals surface area contributed by atoms with E-state index >= 15 is 0 Å². The van der Waals surface area contributed by atoms with E-state index in [4.69, 9.17) is 0 Å². The van der Waals surface area contributed by atoms with Crippen molar-refractivity contribution >= 4 is 196 Å². The molecule has 9 nitrogen and oxygen atoms in total. The lowest BCUT2D eigenvalue weighted by atomic mass is 10.1. The van der Waals surface area contributed by atoms with E-state index in [1.54, 1.807) is 0 Å². The summed E-state index contributed by atoms with van der Waals surface area (Å²) in [5, 5.41) is 22.6. The molecule has 23 aromatic carbocycles. The first kappa shape index (κ1) is 83.1. The number of hydrogen-bond donors (Lipinski definition) is 0. The number of nitrogens with zero attached hydrogens (tertiary/aromatic N) is 9. The van der Waals surface area contributed by atoms with Crippen LogP contribution in [0.3, 0.4) is 0 Å². The molecule has 9 heterocycles. The first-order chi connectivity index (χ1) is 73.0. The van der Waals surface area contributed by atoms with Crippen LogP contribution in [0.15, 0.2) is 540 Å². The Balaban J connectivity index is 0.000000102. The maximum atomic E-state index is 2.47. The van der Waals surface area contributed by atoms with Crippen molar-refractivity contribution in [2.45, 2.75) is 0 Å². The molecule has 0 fully saturated rings. The Labute approximate surface area is 844 Å². The molecular weight excluding hydrogens is 1780 g/mol. The van der Waals surface area contributed by atoms with E-state index in [1.807, 2.05) is 0 Å². The van der Waals surface area contributed by atoms with Crippen molar-refractivity contribution in [2.75, 3.05) is 0 Å². The van der Waals surface area contributed by atoms with Gasteiger partial charge in [0.25, 0.3) is 0 Å². The summed E-state index contributed by atoms with van der Waals surface area (Å²) in [6.45, 7) is 0. The van der Waals surface area contributed by atoms with E-state index in [1.165, 1.54) is 224 Å². The van der Waals surface area contributed by atoms with Crippen molar-refractivity contribution < 1.29 is 0 Å². The Kier molecular flexibility index (Phi) is 18.9. The van der Waals surface area contributed by atoms with Crippen molar-refractivity contribution in [3.05, 3.63) is 540 Å². The van der Waals surface area contributed by atoms with Gasteiger partial charge in [-0.05, 0) is 204 Å². The molecule has 0 aliphatic heterocycles. The van der Waals surface area contributed by atoms with E-state index in [0.717, 1.165) is 45.5 Å². The smallest absolute Gasteiger partial charge is 0.0641 e. The van der Waals surface area contributed by atoms with Crippen molar-refractivity contribution in [2.24, 2.45) is 0 Å². The highest BCUT2D eigenvalue weighted by molar-refractivity contribution is 6.30. The molecule has 0 aliphatic carbocycles. The first-order valence-electron chi connectivity index (χ1n) is 50.5. The third-order valence-electron chi connectivity index (χ3n) is 30.7. The minimum atomic E-state index is 1.14. The van der Waals surface area contributed by atoms with Gasteiger partial charge in [0.15, 0.2) is 0 Å². The fourth-order valence-electron chi connectivity index (χ4n) is 24.5. The van der Waals surface area contributed by atoms with Crippen LogP contribution in [0.5, 0.6) is 0 Å². The van der Waals surface area contributed by atoms with Gasteiger partial charge in [0.2, 0.25) is 0 Å². The van der Waals surface area contributed by atoms with Crippen LogP contribution < -0.4 is 0 Å². The van der Waals surface area contributed by atoms with Gasteiger partial charge in [0.1, 0.15) is 0 Å². The fraction of sp³-hybridized carbons (Fsp3) is 0. The minimum Gasteiger partial charge on any atom is -0.309 e. The van der Waals surface area contributed by atoms with Gasteiger partial charge in [0.05, 0.1) is 99.3 Å². The molecule has 0 aliphatic rings. The number of aromatic nitrogens is 9. The molecule has 0 atom stereocenters. The molecule has 147 heavy (non-hydrogen) atoms. The monoisotopic (exact) mass is 1870 g/mol.